The quantitative estimate of drug-likeness (QED) is 0.0540. The Labute approximate surface area is 333 Å². The van der Waals surface area contributed by atoms with Gasteiger partial charge in [0.1, 0.15) is 6.61 Å². The minimum atomic E-state index is -1.49. The van der Waals surface area contributed by atoms with Crippen LogP contribution in [0, 0.1) is 17.3 Å². The zero-order valence-corrected chi connectivity index (χ0v) is 33.9. The van der Waals surface area contributed by atoms with Crippen molar-refractivity contribution in [2.75, 3.05) is 42.2 Å². The molecule has 0 bridgehead atoms. The molecular weight excluding hydrogens is 679 g/mol. The molecule has 1 unspecified atom stereocenters. The molecule has 1 atom stereocenters. The molecule has 11 nitrogen and oxygen atoms in total. The van der Waals surface area contributed by atoms with Gasteiger partial charge in [-0.1, -0.05) is 71.9 Å². The van der Waals surface area contributed by atoms with E-state index in [2.05, 4.69) is 56.9 Å². The number of ether oxygens (including phenoxy) is 6. The van der Waals surface area contributed by atoms with Gasteiger partial charge in [0, 0.05) is 5.92 Å². The average Bonchev–Trinajstić information content (AvgIpc) is 3.17. The Morgan fingerprint density at radius 1 is 0.750 bits per heavy atom. The maximum absolute atomic E-state index is 12.4. The van der Waals surface area contributed by atoms with Crippen molar-refractivity contribution in [3.8, 4) is 0 Å². The topological polar surface area (TPSA) is 141 Å². The third-order valence-electron chi connectivity index (χ3n) is 7.95. The molecular formula is C40H57NaO11. The standard InChI is InChI=1S/C19H26O4.C13H18O3.C8H12O4.Na.H/c1-5-14-19(17(20)22-3,18(21)23-4)16(6-2)13-12-15-10-8-7-9-11-15;1-15-13(14)16-11-7-3-6-10-12-8-4-2-5-9-12;1-4-5-6(7(9)11-2)8(10)12-3;;/h5-6,10,12-13,16H,1-2,7-9,11,14H2,3-4H3;3,6-8,10H,2,4-5,9,11H2,1H3;4,6H,1,5H2,2-3H3;;/q;;;+1;-1/b13-12+;7-3+,10-6+;;;. The molecule has 0 aromatic rings. The van der Waals surface area contributed by atoms with Gasteiger partial charge in [0.15, 0.2) is 11.3 Å². The summed E-state index contributed by atoms with van der Waals surface area (Å²) in [5, 5.41) is 0. The number of esters is 4. The van der Waals surface area contributed by atoms with E-state index in [-0.39, 0.29) is 50.4 Å². The van der Waals surface area contributed by atoms with E-state index in [4.69, 9.17) is 9.47 Å². The molecule has 0 saturated heterocycles. The summed E-state index contributed by atoms with van der Waals surface area (Å²) >= 11 is 0. The molecule has 52 heavy (non-hydrogen) atoms. The van der Waals surface area contributed by atoms with E-state index in [1.165, 1.54) is 91.0 Å². The van der Waals surface area contributed by atoms with Crippen molar-refractivity contribution < 1.29 is 83.4 Å². The molecule has 0 aromatic heterocycles. The Hall–Kier alpha value is -3.93. The third-order valence-corrected chi connectivity index (χ3v) is 7.95. The van der Waals surface area contributed by atoms with Crippen molar-refractivity contribution in [2.24, 2.45) is 17.3 Å². The first-order valence-electron chi connectivity index (χ1n) is 16.8. The number of allylic oxidation sites excluding steroid dienone is 12. The molecule has 0 fully saturated rings. The van der Waals surface area contributed by atoms with Crippen LogP contribution >= 0.6 is 0 Å². The summed E-state index contributed by atoms with van der Waals surface area (Å²) in [4.78, 5) is 57.3. The van der Waals surface area contributed by atoms with E-state index in [9.17, 15) is 24.0 Å². The van der Waals surface area contributed by atoms with Crippen LogP contribution in [-0.2, 0) is 47.6 Å². The second-order valence-corrected chi connectivity index (χ2v) is 11.3. The molecule has 0 amide bonds. The van der Waals surface area contributed by atoms with Gasteiger partial charge in [-0.15, -0.1) is 19.7 Å². The molecule has 0 saturated carbocycles. The fourth-order valence-electron chi connectivity index (χ4n) is 5.18. The normalized spacial score (nSPS) is 14.4. The number of carbonyl (C=O) groups excluding carboxylic acids is 5. The molecule has 2 aliphatic rings. The molecule has 0 N–H and O–H groups in total. The maximum Gasteiger partial charge on any atom is 1.00 e. The molecule has 12 heteroatoms. The number of methoxy groups -OCH3 is 5. The first kappa shape index (κ1) is 50.2. The molecule has 284 valence electrons. The molecule has 2 aliphatic carbocycles. The Balaban J connectivity index is -0.000000734. The monoisotopic (exact) mass is 736 g/mol. The number of hydrogen-bond donors (Lipinski definition) is 0. The predicted molar refractivity (Wildman–Crippen MR) is 197 cm³/mol. The summed E-state index contributed by atoms with van der Waals surface area (Å²) in [6.45, 7) is 11.1. The zero-order chi connectivity index (χ0) is 38.5. The number of hydrogen-bond acceptors (Lipinski definition) is 11. The molecule has 2 rings (SSSR count). The Morgan fingerprint density at radius 2 is 1.29 bits per heavy atom. The van der Waals surface area contributed by atoms with Gasteiger partial charge in [-0.05, 0) is 70.3 Å². The number of carbonyl (C=O) groups is 5. The van der Waals surface area contributed by atoms with Crippen molar-refractivity contribution in [3.63, 3.8) is 0 Å². The van der Waals surface area contributed by atoms with Crippen LogP contribution in [0.4, 0.5) is 4.79 Å². The summed E-state index contributed by atoms with van der Waals surface area (Å²) in [5.41, 5.74) is 1.12. The van der Waals surface area contributed by atoms with Crippen LogP contribution in [0.1, 0.15) is 65.6 Å². The summed E-state index contributed by atoms with van der Waals surface area (Å²) in [6, 6.07) is 0. The van der Waals surface area contributed by atoms with Gasteiger partial charge >= 0.3 is 59.6 Å². The van der Waals surface area contributed by atoms with E-state index >= 15 is 0 Å². The first-order chi connectivity index (χ1) is 24.6. The summed E-state index contributed by atoms with van der Waals surface area (Å²) in [6.07, 6.45) is 29.6. The minimum Gasteiger partial charge on any atom is -1.00 e. The van der Waals surface area contributed by atoms with Gasteiger partial charge in [0.2, 0.25) is 0 Å². The Bertz CT molecular complexity index is 1280. The average molecular weight is 737 g/mol. The Morgan fingerprint density at radius 3 is 1.69 bits per heavy atom. The summed E-state index contributed by atoms with van der Waals surface area (Å²) < 4.78 is 27.6. The van der Waals surface area contributed by atoms with Gasteiger partial charge in [0.25, 0.3) is 0 Å². The molecule has 0 aliphatic heterocycles. The van der Waals surface area contributed by atoms with Crippen LogP contribution in [0.5, 0.6) is 0 Å². The first-order valence-corrected chi connectivity index (χ1v) is 16.8. The van der Waals surface area contributed by atoms with Crippen molar-refractivity contribution in [1.82, 2.24) is 0 Å². The van der Waals surface area contributed by atoms with Crippen LogP contribution in [0.25, 0.3) is 0 Å². The van der Waals surface area contributed by atoms with Crippen LogP contribution in [0.15, 0.2) is 97.7 Å². The van der Waals surface area contributed by atoms with Crippen LogP contribution in [-0.4, -0.2) is 72.2 Å². The predicted octanol–water partition coefficient (Wildman–Crippen LogP) is 4.78. The van der Waals surface area contributed by atoms with E-state index in [1.807, 2.05) is 24.3 Å². The van der Waals surface area contributed by atoms with Crippen LogP contribution in [0.2, 0.25) is 0 Å². The zero-order valence-electron chi connectivity index (χ0n) is 32.9. The van der Waals surface area contributed by atoms with E-state index < -0.39 is 47.3 Å². The van der Waals surface area contributed by atoms with Crippen LogP contribution < -0.4 is 29.6 Å². The van der Waals surface area contributed by atoms with Gasteiger partial charge in [-0.3, -0.25) is 19.2 Å². The smallest absolute Gasteiger partial charge is 1.00 e. The molecule has 0 spiro atoms. The Kier molecular flexibility index (Phi) is 29.6. The molecule has 0 heterocycles. The maximum atomic E-state index is 12.4. The van der Waals surface area contributed by atoms with Crippen molar-refractivity contribution in [3.05, 3.63) is 97.7 Å². The summed E-state index contributed by atoms with van der Waals surface area (Å²) in [7, 11) is 6.26. The molecule has 0 radical (unpaired) electrons. The SMILES string of the molecule is C=CCC(C(=O)OC)(C(=O)OC)C(C=C)/C=C/C1=CCCCC1.C=CCC(C(=O)OC)C(=O)OC.COC(=O)OC/C=C/C=C/C1=CCCCC1.[H-].[Na+]. The fraction of sp³-hybridized carbons (Fsp3) is 0.475. The summed E-state index contributed by atoms with van der Waals surface area (Å²) in [5.74, 6) is -3.89. The molecule has 0 aromatic carbocycles. The third kappa shape index (κ3) is 18.5. The van der Waals surface area contributed by atoms with E-state index in [0.717, 1.165) is 19.3 Å². The van der Waals surface area contributed by atoms with Gasteiger partial charge in [-0.25, -0.2) is 4.79 Å². The van der Waals surface area contributed by atoms with E-state index in [1.54, 1.807) is 12.2 Å². The van der Waals surface area contributed by atoms with Crippen molar-refractivity contribution >= 4 is 30.0 Å². The van der Waals surface area contributed by atoms with Crippen molar-refractivity contribution in [2.45, 2.75) is 64.2 Å². The van der Waals surface area contributed by atoms with Crippen molar-refractivity contribution in [1.29, 1.82) is 0 Å². The second-order valence-electron chi connectivity index (χ2n) is 11.3. The van der Waals surface area contributed by atoms with E-state index in [0.29, 0.717) is 0 Å². The van der Waals surface area contributed by atoms with Crippen LogP contribution in [0.3, 0.4) is 0 Å². The van der Waals surface area contributed by atoms with Gasteiger partial charge in [-0.2, -0.15) is 0 Å². The van der Waals surface area contributed by atoms with Gasteiger partial charge in [0.05, 0.1) is 35.5 Å². The number of rotatable bonds is 16. The fourth-order valence-corrected chi connectivity index (χ4v) is 5.18. The minimum absolute atomic E-state index is 0. The second kappa shape index (κ2) is 30.7. The van der Waals surface area contributed by atoms with Gasteiger partial charge < -0.3 is 29.8 Å². The largest absolute Gasteiger partial charge is 1.00 e.